The van der Waals surface area contributed by atoms with Gasteiger partial charge in [-0.15, -0.1) is 0 Å². The number of aromatic amines is 2. The van der Waals surface area contributed by atoms with E-state index in [1.165, 1.54) is 37.0 Å². The molecule has 1 saturated heterocycles. The standard InChI is InChI=1S/C33H34FN9S/c1-44(2,3)37-16-21-11-23(14-25(34)13-21)26-18-36-19-29-30(26)40-33(39-29)32-31-28(41-42-32)8-7-27(38-31)24-12-22(15-35-17-24)20-43-9-5-4-6-10-43/h7-8,11-15,17-19,37H,1-2,4-6,9-10,16,20H2,3H3,(H,39,40)(H,41,42). The molecule has 6 heterocycles. The van der Waals surface area contributed by atoms with E-state index in [2.05, 4.69) is 52.6 Å². The Morgan fingerprint density at radius 3 is 2.55 bits per heavy atom. The second-order valence-corrected chi connectivity index (χ2v) is 14.5. The molecule has 0 spiro atoms. The molecule has 9 nitrogen and oxygen atoms in total. The van der Waals surface area contributed by atoms with E-state index in [0.717, 1.165) is 53.1 Å². The summed E-state index contributed by atoms with van der Waals surface area (Å²) in [6, 6.07) is 11.1. The van der Waals surface area contributed by atoms with E-state index in [4.69, 9.17) is 9.97 Å². The Hall–Kier alpha value is -4.45. The van der Waals surface area contributed by atoms with Crippen molar-refractivity contribution >= 4 is 43.2 Å². The predicted molar refractivity (Wildman–Crippen MR) is 179 cm³/mol. The van der Waals surface area contributed by atoms with Crippen LogP contribution >= 0.6 is 9.39 Å². The minimum Gasteiger partial charge on any atom is -0.335 e. The van der Waals surface area contributed by atoms with Crippen molar-refractivity contribution < 1.29 is 4.39 Å². The Morgan fingerprint density at radius 1 is 0.886 bits per heavy atom. The second kappa shape index (κ2) is 11.6. The van der Waals surface area contributed by atoms with Crippen molar-refractivity contribution in [2.45, 2.75) is 32.4 Å². The van der Waals surface area contributed by atoms with Gasteiger partial charge in [0.05, 0.1) is 28.4 Å². The molecule has 0 unspecified atom stereocenters. The summed E-state index contributed by atoms with van der Waals surface area (Å²) in [6.45, 7) is 3.62. The highest BCUT2D eigenvalue weighted by molar-refractivity contribution is 8.25. The molecule has 1 fully saturated rings. The second-order valence-electron chi connectivity index (χ2n) is 11.7. The summed E-state index contributed by atoms with van der Waals surface area (Å²) < 4.78 is 18.0. The fourth-order valence-corrected chi connectivity index (χ4v) is 6.25. The van der Waals surface area contributed by atoms with Gasteiger partial charge in [0.2, 0.25) is 0 Å². The molecule has 1 aliphatic heterocycles. The van der Waals surface area contributed by atoms with Gasteiger partial charge in [-0.05, 0) is 85.3 Å². The van der Waals surface area contributed by atoms with Crippen molar-refractivity contribution in [3.8, 4) is 33.9 Å². The summed E-state index contributed by atoms with van der Waals surface area (Å²) in [7, 11) is -1.44. The highest BCUT2D eigenvalue weighted by atomic mass is 32.2. The zero-order chi connectivity index (χ0) is 30.3. The highest BCUT2D eigenvalue weighted by Crippen LogP contribution is 2.32. The third kappa shape index (κ3) is 5.99. The molecule has 0 radical (unpaired) electrons. The molecular formula is C33H34FN9S. The number of imidazole rings is 1. The molecule has 0 amide bonds. The number of fused-ring (bicyclic) bond motifs is 2. The van der Waals surface area contributed by atoms with Crippen LogP contribution in [0.4, 0.5) is 4.39 Å². The minimum atomic E-state index is -1.44. The van der Waals surface area contributed by atoms with Crippen LogP contribution in [0.1, 0.15) is 30.4 Å². The molecule has 1 aliphatic rings. The lowest BCUT2D eigenvalue weighted by molar-refractivity contribution is 0.220. The number of hydrogen-bond acceptors (Lipinski definition) is 7. The van der Waals surface area contributed by atoms with Gasteiger partial charge >= 0.3 is 0 Å². The average molecular weight is 608 g/mol. The largest absolute Gasteiger partial charge is 0.335 e. The first-order valence-electron chi connectivity index (χ1n) is 14.6. The Labute approximate surface area is 255 Å². The Bertz CT molecular complexity index is 2090. The van der Waals surface area contributed by atoms with Gasteiger partial charge < -0.3 is 4.98 Å². The van der Waals surface area contributed by atoms with Crippen molar-refractivity contribution in [2.24, 2.45) is 0 Å². The Kier molecular flexibility index (Phi) is 7.45. The van der Waals surface area contributed by atoms with Crippen LogP contribution in [0.2, 0.25) is 0 Å². The number of halogens is 1. The van der Waals surface area contributed by atoms with Gasteiger partial charge in [-0.25, -0.2) is 14.4 Å². The molecular weight excluding hydrogens is 573 g/mol. The van der Waals surface area contributed by atoms with E-state index in [1.807, 2.05) is 36.8 Å². The Balaban J connectivity index is 1.23. The summed E-state index contributed by atoms with van der Waals surface area (Å²) >= 11 is 0. The fraction of sp³-hybridized carbons (Fsp3) is 0.242. The molecule has 1 aromatic carbocycles. The van der Waals surface area contributed by atoms with Crippen molar-refractivity contribution in [1.82, 2.24) is 44.7 Å². The smallest absolute Gasteiger partial charge is 0.161 e. The number of rotatable bonds is 8. The first kappa shape index (κ1) is 28.3. The highest BCUT2D eigenvalue weighted by Gasteiger charge is 2.18. The summed E-state index contributed by atoms with van der Waals surface area (Å²) in [6.07, 6.45) is 13.0. The molecule has 0 bridgehead atoms. The number of H-pyrrole nitrogens is 2. The normalized spacial score (nSPS) is 14.5. The van der Waals surface area contributed by atoms with E-state index in [-0.39, 0.29) is 5.82 Å². The van der Waals surface area contributed by atoms with Crippen LogP contribution in [0.25, 0.3) is 56.0 Å². The van der Waals surface area contributed by atoms with Gasteiger partial charge in [-0.1, -0.05) is 18.2 Å². The van der Waals surface area contributed by atoms with Gasteiger partial charge in [-0.2, -0.15) is 14.5 Å². The molecule has 224 valence electrons. The first-order chi connectivity index (χ1) is 21.3. The lowest BCUT2D eigenvalue weighted by atomic mass is 10.0. The maximum absolute atomic E-state index is 14.7. The molecule has 6 aromatic rings. The van der Waals surface area contributed by atoms with Crippen molar-refractivity contribution in [2.75, 3.05) is 19.3 Å². The number of likely N-dealkylation sites (tertiary alicyclic amines) is 1. The molecule has 3 N–H and O–H groups in total. The molecule has 0 saturated carbocycles. The van der Waals surface area contributed by atoms with Crippen LogP contribution in [0, 0.1) is 5.82 Å². The maximum atomic E-state index is 14.7. The fourth-order valence-electron chi connectivity index (χ4n) is 5.74. The van der Waals surface area contributed by atoms with Crippen molar-refractivity contribution in [1.29, 1.82) is 0 Å². The number of hydrogen-bond donors (Lipinski definition) is 3. The van der Waals surface area contributed by atoms with Gasteiger partial charge in [0.1, 0.15) is 11.3 Å². The van der Waals surface area contributed by atoms with Gasteiger partial charge in [0, 0.05) is 42.8 Å². The summed E-state index contributed by atoms with van der Waals surface area (Å²) in [5, 5.41) is 7.65. The maximum Gasteiger partial charge on any atom is 0.161 e. The predicted octanol–water partition coefficient (Wildman–Crippen LogP) is 6.05. The third-order valence-corrected chi connectivity index (χ3v) is 8.71. The van der Waals surface area contributed by atoms with E-state index in [1.54, 1.807) is 12.4 Å². The SMILES string of the molecule is C=S(=C)(C)NCc1cc(F)cc(-c2cncc3[nH]c(-c4n[nH]c5ccc(-c6cncc(CN7CCCCC7)c6)nc45)nc23)c1. The quantitative estimate of drug-likeness (QED) is 0.181. The van der Waals surface area contributed by atoms with Crippen molar-refractivity contribution in [3.63, 3.8) is 0 Å². The first-order valence-corrected chi connectivity index (χ1v) is 17.0. The van der Waals surface area contributed by atoms with Crippen molar-refractivity contribution in [3.05, 3.63) is 78.1 Å². The molecule has 5 aromatic heterocycles. The monoisotopic (exact) mass is 607 g/mol. The molecule has 0 atom stereocenters. The number of nitrogens with one attached hydrogen (secondary N) is 3. The Morgan fingerprint density at radius 2 is 1.70 bits per heavy atom. The van der Waals surface area contributed by atoms with Crippen LogP contribution in [0.5, 0.6) is 0 Å². The van der Waals surface area contributed by atoms with Gasteiger partial charge in [0.25, 0.3) is 0 Å². The number of aromatic nitrogens is 7. The third-order valence-electron chi connectivity index (χ3n) is 7.87. The number of piperidine rings is 1. The topological polar surface area (TPSA) is 111 Å². The summed E-state index contributed by atoms with van der Waals surface area (Å²) in [5.41, 5.74) is 8.64. The van der Waals surface area contributed by atoms with E-state index in [9.17, 15) is 4.39 Å². The van der Waals surface area contributed by atoms with Gasteiger partial charge in [0.15, 0.2) is 11.5 Å². The molecule has 44 heavy (non-hydrogen) atoms. The van der Waals surface area contributed by atoms with Crippen LogP contribution in [0.3, 0.4) is 0 Å². The lowest BCUT2D eigenvalue weighted by Crippen LogP contribution is -2.29. The van der Waals surface area contributed by atoms with E-state index >= 15 is 0 Å². The van der Waals surface area contributed by atoms with Crippen LogP contribution in [-0.4, -0.2) is 71.1 Å². The summed E-state index contributed by atoms with van der Waals surface area (Å²) in [4.78, 5) is 24.7. The molecule has 0 aliphatic carbocycles. The number of pyridine rings is 3. The minimum absolute atomic E-state index is 0.332. The van der Waals surface area contributed by atoms with E-state index in [0.29, 0.717) is 34.7 Å². The zero-order valence-corrected chi connectivity index (χ0v) is 25.4. The summed E-state index contributed by atoms with van der Waals surface area (Å²) in [5.74, 6) is 8.32. The number of benzene rings is 1. The van der Waals surface area contributed by atoms with Crippen LogP contribution < -0.4 is 4.72 Å². The van der Waals surface area contributed by atoms with Gasteiger partial charge in [-0.3, -0.25) is 24.7 Å². The molecule has 7 rings (SSSR count). The van der Waals surface area contributed by atoms with Crippen LogP contribution in [-0.2, 0) is 13.1 Å². The van der Waals surface area contributed by atoms with E-state index < -0.39 is 9.39 Å². The zero-order valence-electron chi connectivity index (χ0n) is 24.6. The molecule has 11 heteroatoms. The lowest BCUT2D eigenvalue weighted by Gasteiger charge is -2.26. The number of nitrogens with zero attached hydrogens (tertiary/aromatic N) is 6. The average Bonchev–Trinajstić information content (AvgIpc) is 3.64. The van der Waals surface area contributed by atoms with Crippen LogP contribution in [0.15, 0.2) is 61.2 Å².